The van der Waals surface area contributed by atoms with Crippen molar-refractivity contribution in [2.24, 2.45) is 0 Å². The highest BCUT2D eigenvalue weighted by atomic mass is 32.1. The highest BCUT2D eigenvalue weighted by Gasteiger charge is 2.44. The van der Waals surface area contributed by atoms with E-state index in [9.17, 15) is 0 Å². The lowest BCUT2D eigenvalue weighted by molar-refractivity contribution is 0.649. The Labute approximate surface area is 376 Å². The van der Waals surface area contributed by atoms with Gasteiger partial charge in [-0.2, -0.15) is 0 Å². The summed E-state index contributed by atoms with van der Waals surface area (Å²) < 4.78 is 2.45. The number of para-hydroxylation sites is 2. The molecule has 0 amide bonds. The molecule has 2 heterocycles. The van der Waals surface area contributed by atoms with Crippen LogP contribution in [0.15, 0.2) is 158 Å². The first-order valence-electron chi connectivity index (χ1n) is 22.0. The molecule has 0 N–H and O–H groups in total. The molecule has 13 rings (SSSR count). The number of fused-ring (bicyclic) bond motifs is 11. The Balaban J connectivity index is 0.829. The van der Waals surface area contributed by atoms with Crippen molar-refractivity contribution in [1.29, 1.82) is 0 Å². The number of rotatable bonds is 4. The predicted molar refractivity (Wildman–Crippen MR) is 267 cm³/mol. The van der Waals surface area contributed by atoms with E-state index in [1.54, 1.807) is 22.7 Å². The summed E-state index contributed by atoms with van der Waals surface area (Å²) in [6.07, 6.45) is 0. The molecule has 0 saturated carbocycles. The molecule has 2 aromatic heterocycles. The minimum Gasteiger partial charge on any atom is -0.236 e. The smallest absolute Gasteiger partial charge is 0.124 e. The maximum absolute atomic E-state index is 4.90. The van der Waals surface area contributed by atoms with Crippen molar-refractivity contribution in [2.45, 2.75) is 57.8 Å². The second-order valence-electron chi connectivity index (χ2n) is 19.4. The minimum atomic E-state index is -0.140. The summed E-state index contributed by atoms with van der Waals surface area (Å²) in [7, 11) is 0. The lowest BCUT2D eigenvalue weighted by Gasteiger charge is -2.25. The first-order valence-corrected chi connectivity index (χ1v) is 23.7. The summed E-state index contributed by atoms with van der Waals surface area (Å²) >= 11 is 3.51. The van der Waals surface area contributed by atoms with Crippen LogP contribution in [0.4, 0.5) is 0 Å². The SMILES string of the molecule is CC1(C)c2cc(-c3ccc(-c4nc5ccccc5s4)cc3)ccc2-c2cc3c(cc21)-c1cc2c(cc1C3(C)C)-c1ccc(-c3ccc(-c4nc5ccccc5s4)cc3)cc1C2(C)C. The van der Waals surface area contributed by atoms with Gasteiger partial charge < -0.3 is 0 Å². The fourth-order valence-corrected chi connectivity index (χ4v) is 13.1. The average Bonchev–Trinajstić information content (AvgIpc) is 4.08. The summed E-state index contributed by atoms with van der Waals surface area (Å²) in [6, 6.07) is 59.2. The van der Waals surface area contributed by atoms with Gasteiger partial charge in [-0.15, -0.1) is 22.7 Å². The van der Waals surface area contributed by atoms with Crippen LogP contribution < -0.4 is 0 Å². The predicted octanol–water partition coefficient (Wildman–Crippen LogP) is 16.5. The molecule has 0 spiro atoms. The molecule has 0 bridgehead atoms. The third kappa shape index (κ3) is 5.29. The van der Waals surface area contributed by atoms with Gasteiger partial charge in [-0.05, 0) is 150 Å². The summed E-state index contributed by atoms with van der Waals surface area (Å²) in [6.45, 7) is 14.5. The van der Waals surface area contributed by atoms with Gasteiger partial charge in [0.15, 0.2) is 0 Å². The Hall–Kier alpha value is -6.46. The number of hydrogen-bond acceptors (Lipinski definition) is 4. The molecule has 0 aliphatic heterocycles. The lowest BCUT2D eigenvalue weighted by Crippen LogP contribution is -2.17. The first-order chi connectivity index (χ1) is 30.4. The Morgan fingerprint density at radius 3 is 0.968 bits per heavy atom. The largest absolute Gasteiger partial charge is 0.236 e. The topological polar surface area (TPSA) is 25.8 Å². The van der Waals surface area contributed by atoms with Crippen molar-refractivity contribution in [1.82, 2.24) is 9.97 Å². The van der Waals surface area contributed by atoms with Crippen LogP contribution in [-0.2, 0) is 16.2 Å². The minimum absolute atomic E-state index is 0.134. The number of benzene rings is 8. The number of nitrogens with zero attached hydrogens (tertiary/aromatic N) is 2. The van der Waals surface area contributed by atoms with Crippen molar-refractivity contribution >= 4 is 43.1 Å². The fourth-order valence-electron chi connectivity index (χ4n) is 11.1. The Morgan fingerprint density at radius 1 is 0.302 bits per heavy atom. The van der Waals surface area contributed by atoms with Crippen LogP contribution in [0.2, 0.25) is 0 Å². The molecule has 3 aliphatic carbocycles. The molecule has 302 valence electrons. The summed E-state index contributed by atoms with van der Waals surface area (Å²) in [5.41, 5.74) is 25.8. The Morgan fingerprint density at radius 2 is 0.603 bits per heavy atom. The molecule has 0 unspecified atom stereocenters. The van der Waals surface area contributed by atoms with Gasteiger partial charge in [-0.3, -0.25) is 0 Å². The molecule has 0 saturated heterocycles. The van der Waals surface area contributed by atoms with Crippen LogP contribution in [-0.4, -0.2) is 9.97 Å². The molecular formula is C59H44N2S2. The number of thiazole rings is 2. The molecule has 0 fully saturated rings. The van der Waals surface area contributed by atoms with Crippen molar-refractivity contribution in [3.05, 3.63) is 191 Å². The van der Waals surface area contributed by atoms with E-state index in [1.165, 1.54) is 98.4 Å². The van der Waals surface area contributed by atoms with Crippen LogP contribution in [0.5, 0.6) is 0 Å². The third-order valence-corrected chi connectivity index (χ3v) is 17.0. The van der Waals surface area contributed by atoms with E-state index in [0.717, 1.165) is 32.2 Å². The van der Waals surface area contributed by atoms with E-state index < -0.39 is 0 Å². The maximum Gasteiger partial charge on any atom is 0.124 e. The Kier molecular flexibility index (Phi) is 7.55. The highest BCUT2D eigenvalue weighted by molar-refractivity contribution is 7.22. The second kappa shape index (κ2) is 12.8. The van der Waals surface area contributed by atoms with E-state index in [4.69, 9.17) is 9.97 Å². The molecule has 0 atom stereocenters. The third-order valence-electron chi connectivity index (χ3n) is 14.8. The van der Waals surface area contributed by atoms with Gasteiger partial charge in [-0.1, -0.05) is 139 Å². The van der Waals surface area contributed by atoms with E-state index in [-0.39, 0.29) is 16.2 Å². The molecule has 0 radical (unpaired) electrons. The molecule has 3 aliphatic rings. The zero-order valence-electron chi connectivity index (χ0n) is 36.2. The van der Waals surface area contributed by atoms with Gasteiger partial charge in [0.25, 0.3) is 0 Å². The van der Waals surface area contributed by atoms with E-state index in [1.807, 2.05) is 0 Å². The van der Waals surface area contributed by atoms with E-state index in [0.29, 0.717) is 0 Å². The fraction of sp³-hybridized carbons (Fsp3) is 0.153. The van der Waals surface area contributed by atoms with E-state index >= 15 is 0 Å². The van der Waals surface area contributed by atoms with Gasteiger partial charge in [0.1, 0.15) is 10.0 Å². The zero-order chi connectivity index (χ0) is 42.6. The van der Waals surface area contributed by atoms with Crippen LogP contribution in [0.25, 0.3) is 97.2 Å². The van der Waals surface area contributed by atoms with Crippen molar-refractivity contribution in [2.75, 3.05) is 0 Å². The van der Waals surface area contributed by atoms with Crippen LogP contribution in [0.3, 0.4) is 0 Å². The molecule has 2 nitrogen and oxygen atoms in total. The molecule has 4 heteroatoms. The lowest BCUT2D eigenvalue weighted by atomic mass is 9.78. The van der Waals surface area contributed by atoms with Crippen LogP contribution in [0.1, 0.15) is 74.9 Å². The number of hydrogen-bond donors (Lipinski definition) is 0. The summed E-state index contributed by atoms with van der Waals surface area (Å²) in [5, 5.41) is 2.13. The van der Waals surface area contributed by atoms with Gasteiger partial charge in [-0.25, -0.2) is 9.97 Å². The van der Waals surface area contributed by atoms with Crippen molar-refractivity contribution < 1.29 is 0 Å². The molecule has 63 heavy (non-hydrogen) atoms. The van der Waals surface area contributed by atoms with Gasteiger partial charge >= 0.3 is 0 Å². The van der Waals surface area contributed by atoms with Crippen LogP contribution >= 0.6 is 22.7 Å². The number of aromatic nitrogens is 2. The summed E-state index contributed by atoms with van der Waals surface area (Å²) in [5.74, 6) is 0. The van der Waals surface area contributed by atoms with Gasteiger partial charge in [0.05, 0.1) is 20.4 Å². The van der Waals surface area contributed by atoms with Crippen molar-refractivity contribution in [3.8, 4) is 76.8 Å². The van der Waals surface area contributed by atoms with E-state index in [2.05, 4.69) is 199 Å². The zero-order valence-corrected chi connectivity index (χ0v) is 37.9. The normalized spacial score (nSPS) is 15.5. The maximum atomic E-state index is 4.90. The summed E-state index contributed by atoms with van der Waals surface area (Å²) in [4.78, 5) is 9.81. The molecule has 10 aromatic rings. The highest BCUT2D eigenvalue weighted by Crippen LogP contribution is 2.59. The van der Waals surface area contributed by atoms with Crippen LogP contribution in [0, 0.1) is 0 Å². The molecule has 8 aromatic carbocycles. The van der Waals surface area contributed by atoms with Crippen molar-refractivity contribution in [3.63, 3.8) is 0 Å². The standard InChI is InChI=1S/C59H44N2S2/c1-57(2)45-27-37(33-15-19-35(20-16-33)55-60-51-11-7-9-13-53(51)62-55)23-25-39(45)41-29-49-43(31-47(41)57)44-32-48-42(30-50(44)59(49,5)6)40-26-24-38(28-46(40)58(48,3)4)34-17-21-36(22-18-34)56-61-52-12-8-10-14-54(52)63-56/h7-32H,1-6H3. The molecular weight excluding hydrogens is 801 g/mol. The van der Waals surface area contributed by atoms with Gasteiger partial charge in [0, 0.05) is 27.4 Å². The first kappa shape index (κ1) is 37.1. The average molecular weight is 845 g/mol. The quantitative estimate of drug-likeness (QED) is 0.176. The monoisotopic (exact) mass is 844 g/mol. The Bertz CT molecular complexity index is 3280. The van der Waals surface area contributed by atoms with Gasteiger partial charge in [0.2, 0.25) is 0 Å². The second-order valence-corrected chi connectivity index (χ2v) is 21.5.